The lowest BCUT2D eigenvalue weighted by Crippen LogP contribution is -2.45. The van der Waals surface area contributed by atoms with Crippen LogP contribution >= 0.6 is 0 Å². The van der Waals surface area contributed by atoms with Gasteiger partial charge in [0.15, 0.2) is 8.32 Å². The minimum Gasteiger partial charge on any atom is -0.460 e. The van der Waals surface area contributed by atoms with E-state index in [1.165, 1.54) is 0 Å². The van der Waals surface area contributed by atoms with Gasteiger partial charge in [0.25, 0.3) is 0 Å². The summed E-state index contributed by atoms with van der Waals surface area (Å²) in [4.78, 5) is 12.9. The number of cyclic esters (lactones) is 1. The smallest absolute Gasteiger partial charge is 0.311 e. The Kier molecular flexibility index (Phi) is 8.96. The van der Waals surface area contributed by atoms with Crippen molar-refractivity contribution in [2.45, 2.75) is 83.5 Å². The molecule has 0 aromatic heterocycles. The van der Waals surface area contributed by atoms with E-state index in [1.54, 1.807) is 0 Å². The molecule has 186 valence electrons. The van der Waals surface area contributed by atoms with Crippen molar-refractivity contribution in [1.82, 2.24) is 0 Å². The third kappa shape index (κ3) is 7.17. The summed E-state index contributed by atoms with van der Waals surface area (Å²) in [5.74, 6) is -0.408. The molecule has 0 spiro atoms. The van der Waals surface area contributed by atoms with E-state index in [4.69, 9.17) is 13.9 Å². The molecule has 5 nitrogen and oxygen atoms in total. The summed E-state index contributed by atoms with van der Waals surface area (Å²) in [6, 6.07) is 20.1. The molecule has 1 aliphatic heterocycles. The SMILES string of the molecule is C[C@@H]1OC(=O)[C@H](C[C@@H](CCOCc2ccccc2)O[Si](C)(C)C(C)(C)C)[C@H]1Nc1ccccc1. The van der Waals surface area contributed by atoms with Crippen LogP contribution in [-0.4, -0.2) is 39.1 Å². The molecule has 1 N–H and O–H groups in total. The number of rotatable bonds is 11. The Hall–Kier alpha value is -2.15. The van der Waals surface area contributed by atoms with Crippen LogP contribution in [0.1, 0.15) is 46.1 Å². The third-order valence-electron chi connectivity index (χ3n) is 7.13. The number of hydrogen-bond donors (Lipinski definition) is 1. The van der Waals surface area contributed by atoms with Crippen LogP contribution in [-0.2, 0) is 25.3 Å². The minimum atomic E-state index is -2.03. The summed E-state index contributed by atoms with van der Waals surface area (Å²) in [7, 11) is -2.03. The standard InChI is InChI=1S/C28H41NO4Si/c1-21-26(29-23-15-11-8-12-16-23)25(27(30)32-21)19-24(33-34(5,6)28(2,3)4)17-18-31-20-22-13-9-7-10-14-22/h7-16,21,24-26,29H,17-20H2,1-6H3/t21-,24+,25+,26-/m0/s1. The van der Waals surface area contributed by atoms with Crippen LogP contribution in [0, 0.1) is 5.92 Å². The van der Waals surface area contributed by atoms with Crippen LogP contribution in [0.2, 0.25) is 18.1 Å². The number of benzene rings is 2. The van der Waals surface area contributed by atoms with Crippen molar-refractivity contribution in [3.05, 3.63) is 66.2 Å². The lowest BCUT2D eigenvalue weighted by Gasteiger charge is -2.40. The topological polar surface area (TPSA) is 56.8 Å². The highest BCUT2D eigenvalue weighted by molar-refractivity contribution is 6.74. The summed E-state index contributed by atoms with van der Waals surface area (Å²) in [5, 5.41) is 3.62. The number of anilines is 1. The van der Waals surface area contributed by atoms with Crippen molar-refractivity contribution in [2.24, 2.45) is 5.92 Å². The normalized spacial score (nSPS) is 21.8. The largest absolute Gasteiger partial charge is 0.460 e. The fourth-order valence-corrected chi connectivity index (χ4v) is 5.49. The maximum absolute atomic E-state index is 12.9. The summed E-state index contributed by atoms with van der Waals surface area (Å²) in [5.41, 5.74) is 2.15. The molecule has 0 aliphatic carbocycles. The van der Waals surface area contributed by atoms with Crippen LogP contribution in [0.25, 0.3) is 0 Å². The average Bonchev–Trinajstić information content (AvgIpc) is 3.04. The maximum atomic E-state index is 12.9. The molecule has 2 aromatic carbocycles. The first kappa shape index (κ1) is 26.5. The molecule has 4 atom stereocenters. The molecule has 0 amide bonds. The molecule has 3 rings (SSSR count). The number of para-hydroxylation sites is 1. The second-order valence-electron chi connectivity index (χ2n) is 10.8. The monoisotopic (exact) mass is 483 g/mol. The van der Waals surface area contributed by atoms with Gasteiger partial charge in [0.05, 0.1) is 18.6 Å². The number of carbonyl (C=O) groups excluding carboxylic acids is 1. The van der Waals surface area contributed by atoms with Crippen molar-refractivity contribution in [1.29, 1.82) is 0 Å². The summed E-state index contributed by atoms with van der Waals surface area (Å²) in [6.07, 6.45) is 1.10. The molecule has 2 aromatic rings. The number of ether oxygens (including phenoxy) is 2. The highest BCUT2D eigenvalue weighted by Gasteiger charge is 2.45. The quantitative estimate of drug-likeness (QED) is 0.227. The van der Waals surface area contributed by atoms with Gasteiger partial charge in [0, 0.05) is 18.4 Å². The van der Waals surface area contributed by atoms with Crippen molar-refractivity contribution in [3.63, 3.8) is 0 Å². The number of carbonyl (C=O) groups is 1. The Morgan fingerprint density at radius 2 is 1.65 bits per heavy atom. The first-order valence-corrected chi connectivity index (χ1v) is 15.3. The zero-order valence-corrected chi connectivity index (χ0v) is 22.5. The molecule has 1 heterocycles. The Labute approximate surface area is 206 Å². The Morgan fingerprint density at radius 3 is 2.26 bits per heavy atom. The first-order valence-electron chi connectivity index (χ1n) is 12.4. The van der Waals surface area contributed by atoms with Gasteiger partial charge in [-0.2, -0.15) is 0 Å². The van der Waals surface area contributed by atoms with Crippen LogP contribution in [0.3, 0.4) is 0 Å². The van der Waals surface area contributed by atoms with Gasteiger partial charge >= 0.3 is 5.97 Å². The summed E-state index contributed by atoms with van der Waals surface area (Å²) in [6.45, 7) is 14.4. The molecular weight excluding hydrogens is 442 g/mol. The molecule has 1 saturated heterocycles. The average molecular weight is 484 g/mol. The fraction of sp³-hybridized carbons (Fsp3) is 0.536. The van der Waals surface area contributed by atoms with Crippen LogP contribution in [0.15, 0.2) is 60.7 Å². The van der Waals surface area contributed by atoms with Crippen molar-refractivity contribution in [3.8, 4) is 0 Å². The van der Waals surface area contributed by atoms with E-state index >= 15 is 0 Å². The third-order valence-corrected chi connectivity index (χ3v) is 11.7. The van der Waals surface area contributed by atoms with Gasteiger partial charge in [-0.05, 0) is 55.6 Å². The second-order valence-corrected chi connectivity index (χ2v) is 15.6. The highest BCUT2D eigenvalue weighted by Crippen LogP contribution is 2.39. The zero-order valence-electron chi connectivity index (χ0n) is 21.5. The van der Waals surface area contributed by atoms with Crippen LogP contribution in [0.4, 0.5) is 5.69 Å². The molecule has 0 saturated carbocycles. The first-order chi connectivity index (χ1) is 16.1. The molecule has 6 heteroatoms. The van der Waals surface area contributed by atoms with E-state index in [0.717, 1.165) is 17.7 Å². The van der Waals surface area contributed by atoms with E-state index in [9.17, 15) is 4.79 Å². The van der Waals surface area contributed by atoms with E-state index in [0.29, 0.717) is 19.6 Å². The lowest BCUT2D eigenvalue weighted by atomic mass is 9.91. The highest BCUT2D eigenvalue weighted by atomic mass is 28.4. The van der Waals surface area contributed by atoms with E-state index in [2.05, 4.69) is 51.3 Å². The van der Waals surface area contributed by atoms with Crippen molar-refractivity contribution in [2.75, 3.05) is 11.9 Å². The predicted molar refractivity (Wildman–Crippen MR) is 140 cm³/mol. The Morgan fingerprint density at radius 1 is 1.03 bits per heavy atom. The summed E-state index contributed by atoms with van der Waals surface area (Å²) >= 11 is 0. The van der Waals surface area contributed by atoms with Gasteiger partial charge in [-0.25, -0.2) is 0 Å². The summed E-state index contributed by atoms with van der Waals surface area (Å²) < 4.78 is 18.5. The zero-order chi connectivity index (χ0) is 24.8. The fourth-order valence-electron chi connectivity index (χ4n) is 4.09. The second kappa shape index (κ2) is 11.5. The van der Waals surface area contributed by atoms with E-state index in [1.807, 2.05) is 55.5 Å². The van der Waals surface area contributed by atoms with Gasteiger partial charge in [-0.1, -0.05) is 69.3 Å². The van der Waals surface area contributed by atoms with E-state index in [-0.39, 0.29) is 35.2 Å². The molecule has 0 bridgehead atoms. The van der Waals surface area contributed by atoms with Crippen molar-refractivity contribution < 1.29 is 18.7 Å². The number of nitrogens with one attached hydrogen (secondary N) is 1. The Balaban J connectivity index is 1.69. The maximum Gasteiger partial charge on any atom is 0.311 e. The lowest BCUT2D eigenvalue weighted by molar-refractivity contribution is -0.144. The Bertz CT molecular complexity index is 898. The molecule has 1 aliphatic rings. The van der Waals surface area contributed by atoms with Crippen LogP contribution in [0.5, 0.6) is 0 Å². The van der Waals surface area contributed by atoms with Gasteiger partial charge in [0.2, 0.25) is 0 Å². The van der Waals surface area contributed by atoms with Gasteiger partial charge in [-0.15, -0.1) is 0 Å². The number of hydrogen-bond acceptors (Lipinski definition) is 5. The molecule has 1 fully saturated rings. The van der Waals surface area contributed by atoms with Crippen LogP contribution < -0.4 is 5.32 Å². The molecule has 34 heavy (non-hydrogen) atoms. The molecular formula is C28H41NO4Si. The molecule has 0 radical (unpaired) electrons. The van der Waals surface area contributed by atoms with Gasteiger partial charge < -0.3 is 19.2 Å². The van der Waals surface area contributed by atoms with Gasteiger partial charge in [0.1, 0.15) is 6.10 Å². The van der Waals surface area contributed by atoms with E-state index < -0.39 is 8.32 Å². The minimum absolute atomic E-state index is 0.0698. The predicted octanol–water partition coefficient (Wildman–Crippen LogP) is 6.42. The number of esters is 1. The van der Waals surface area contributed by atoms with Crippen molar-refractivity contribution >= 4 is 20.0 Å². The molecule has 0 unspecified atom stereocenters. The van der Waals surface area contributed by atoms with Gasteiger partial charge in [-0.3, -0.25) is 4.79 Å².